The summed E-state index contributed by atoms with van der Waals surface area (Å²) in [4.78, 5) is -0.251. The Morgan fingerprint density at radius 1 is 0.647 bits per heavy atom. The second-order valence-corrected chi connectivity index (χ2v) is 11.3. The Morgan fingerprint density at radius 3 is 1.59 bits per heavy atom. The van der Waals surface area contributed by atoms with Crippen molar-refractivity contribution in [2.75, 3.05) is 0 Å². The Balaban J connectivity index is 1.79. The zero-order chi connectivity index (χ0) is 24.5. The van der Waals surface area contributed by atoms with Crippen molar-refractivity contribution < 1.29 is 30.5 Å². The molecular weight excluding hydrogens is 508 g/mol. The predicted molar refractivity (Wildman–Crippen MR) is 120 cm³/mol. The maximum absolute atomic E-state index is 14.5. The quantitative estimate of drug-likeness (QED) is 0.127. The van der Waals surface area contributed by atoms with Crippen LogP contribution < -0.4 is 0 Å². The molecule has 0 unspecified atom stereocenters. The molecule has 10 heteroatoms. The Morgan fingerprint density at radius 2 is 1.12 bits per heavy atom. The van der Waals surface area contributed by atoms with E-state index in [1.165, 1.54) is 6.07 Å². The average Bonchev–Trinajstić information content (AvgIpc) is 2.82. The third-order valence-corrected chi connectivity index (χ3v) is 8.77. The molecule has 0 aromatic heterocycles. The van der Waals surface area contributed by atoms with Gasteiger partial charge in [0.15, 0.2) is 38.0 Å². The Labute approximate surface area is 200 Å². The van der Waals surface area contributed by atoms with E-state index in [2.05, 4.69) is 0 Å². The minimum Gasteiger partial charge on any atom is -0.744 e. The molecule has 0 N–H and O–H groups in total. The smallest absolute Gasteiger partial charge is 0.180 e. The Hall–Kier alpha value is -2.79. The summed E-state index contributed by atoms with van der Waals surface area (Å²) in [7, 11) is -6.35. The van der Waals surface area contributed by atoms with Gasteiger partial charge in [-0.2, -0.15) is 0 Å². The number of benzene rings is 4. The first-order chi connectivity index (χ1) is 16.2. The van der Waals surface area contributed by atoms with Gasteiger partial charge in [-0.25, -0.2) is 26.0 Å². The molecule has 0 spiro atoms. The van der Waals surface area contributed by atoms with E-state index in [0.29, 0.717) is 11.8 Å². The van der Waals surface area contributed by atoms with Crippen LogP contribution in [0.1, 0.15) is 0 Å². The van der Waals surface area contributed by atoms with Crippen LogP contribution in [0.25, 0.3) is 0 Å². The van der Waals surface area contributed by atoms with Crippen molar-refractivity contribution in [1.82, 2.24) is 0 Å². The molecule has 0 atom stereocenters. The first-order valence-electron chi connectivity index (χ1n) is 9.62. The van der Waals surface area contributed by atoms with Gasteiger partial charge in [-0.1, -0.05) is 54.2 Å². The Kier molecular flexibility index (Phi) is 7.04. The summed E-state index contributed by atoms with van der Waals surface area (Å²) in [5.41, 5.74) is 0. The van der Waals surface area contributed by atoms with Crippen LogP contribution in [-0.4, -0.2) is 13.0 Å². The predicted octanol–water partition coefficient (Wildman–Crippen LogP) is 6.39. The van der Waals surface area contributed by atoms with E-state index in [4.69, 9.17) is 0 Å². The summed E-state index contributed by atoms with van der Waals surface area (Å²) in [5, 5.41) is 0. The van der Waals surface area contributed by atoms with Gasteiger partial charge in [0, 0.05) is 11.0 Å². The van der Waals surface area contributed by atoms with E-state index in [1.54, 1.807) is 12.1 Å². The van der Waals surface area contributed by atoms with E-state index in [1.807, 2.05) is 66.7 Å². The van der Waals surface area contributed by atoms with Crippen molar-refractivity contribution >= 4 is 32.8 Å². The zero-order valence-corrected chi connectivity index (χ0v) is 19.5. The highest BCUT2D eigenvalue weighted by atomic mass is 32.2. The zero-order valence-electron chi connectivity index (χ0n) is 17.0. The monoisotopic (exact) mass is 522 g/mol. The van der Waals surface area contributed by atoms with E-state index in [0.717, 1.165) is 14.7 Å². The minimum atomic E-state index is -5.77. The van der Waals surface area contributed by atoms with Crippen molar-refractivity contribution in [3.8, 4) is 0 Å². The lowest BCUT2D eigenvalue weighted by atomic mass is 10.3. The molecule has 4 aromatic rings. The molecule has 34 heavy (non-hydrogen) atoms. The summed E-state index contributed by atoms with van der Waals surface area (Å²) in [5.74, 6) is -8.40. The van der Waals surface area contributed by atoms with Gasteiger partial charge in [0.25, 0.3) is 0 Å². The second-order valence-electron chi connectivity index (χ2n) is 6.88. The lowest BCUT2D eigenvalue weighted by Crippen LogP contribution is -2.11. The fourth-order valence-corrected chi connectivity index (χ4v) is 6.96. The first kappa shape index (κ1) is 24.3. The molecule has 0 heterocycles. The van der Waals surface area contributed by atoms with Crippen molar-refractivity contribution in [1.29, 1.82) is 0 Å². The van der Waals surface area contributed by atoms with Crippen molar-refractivity contribution in [2.24, 2.45) is 0 Å². The molecule has 0 radical (unpaired) electrons. The number of halogens is 4. The van der Waals surface area contributed by atoms with Crippen LogP contribution in [0.3, 0.4) is 0 Å². The Bertz CT molecular complexity index is 1380. The van der Waals surface area contributed by atoms with Gasteiger partial charge in [0.1, 0.15) is 15.0 Å². The molecule has 4 aromatic carbocycles. The number of hydrogen-bond acceptors (Lipinski definition) is 4. The highest BCUT2D eigenvalue weighted by molar-refractivity contribution is 7.99. The third-order valence-electron chi connectivity index (χ3n) is 4.65. The molecule has 0 fully saturated rings. The van der Waals surface area contributed by atoms with E-state index < -0.39 is 54.1 Å². The maximum atomic E-state index is 14.5. The highest BCUT2D eigenvalue weighted by Gasteiger charge is 2.31. The molecular formula is C24H14F4O3S3. The van der Waals surface area contributed by atoms with Crippen molar-refractivity contribution in [2.45, 2.75) is 29.4 Å². The fraction of sp³-hybridized carbons (Fsp3) is 0. The summed E-state index contributed by atoms with van der Waals surface area (Å²) in [6.45, 7) is 0. The topological polar surface area (TPSA) is 57.2 Å². The van der Waals surface area contributed by atoms with E-state index in [9.17, 15) is 30.5 Å². The van der Waals surface area contributed by atoms with Gasteiger partial charge in [-0.05, 0) is 36.4 Å². The summed E-state index contributed by atoms with van der Waals surface area (Å²) in [6.07, 6.45) is 0. The average molecular weight is 523 g/mol. The SMILES string of the molecule is O=S(=O)([O-])c1c(F)c(F)c(Sc2cccc([S+](c3ccccc3)c3ccccc3)c2)c(F)c1F. The molecule has 0 aliphatic carbocycles. The van der Waals surface area contributed by atoms with Crippen LogP contribution in [0.15, 0.2) is 114 Å². The maximum Gasteiger partial charge on any atom is 0.180 e. The van der Waals surface area contributed by atoms with Gasteiger partial charge >= 0.3 is 0 Å². The summed E-state index contributed by atoms with van der Waals surface area (Å²) < 4.78 is 90.6. The van der Waals surface area contributed by atoms with E-state index >= 15 is 0 Å². The number of hydrogen-bond donors (Lipinski definition) is 0. The molecule has 0 saturated carbocycles. The van der Waals surface area contributed by atoms with Crippen LogP contribution in [0.2, 0.25) is 0 Å². The molecule has 0 aliphatic heterocycles. The summed E-state index contributed by atoms with van der Waals surface area (Å²) >= 11 is 0.388. The summed E-state index contributed by atoms with van der Waals surface area (Å²) in [6, 6.07) is 25.7. The molecule has 174 valence electrons. The second kappa shape index (κ2) is 9.83. The molecule has 0 saturated heterocycles. The standard InChI is InChI=1S/C24H14F4O3S3/c25-19-21(27)24(34(29,30)31)22(28)20(26)23(19)32-15-8-7-13-18(14-15)33(16-9-3-1-4-10-16)17-11-5-2-6-12-17/h1-14H. The van der Waals surface area contributed by atoms with Gasteiger partial charge in [-0.3, -0.25) is 0 Å². The third kappa shape index (κ3) is 4.85. The molecule has 4 rings (SSSR count). The van der Waals surface area contributed by atoms with Gasteiger partial charge in [0.2, 0.25) is 0 Å². The van der Waals surface area contributed by atoms with Crippen LogP contribution in [0, 0.1) is 23.3 Å². The van der Waals surface area contributed by atoms with E-state index in [-0.39, 0.29) is 4.90 Å². The normalized spacial score (nSPS) is 11.7. The fourth-order valence-electron chi connectivity index (χ4n) is 3.20. The van der Waals surface area contributed by atoms with Crippen LogP contribution >= 0.6 is 11.8 Å². The first-order valence-corrected chi connectivity index (χ1v) is 13.1. The van der Waals surface area contributed by atoms with Crippen molar-refractivity contribution in [3.05, 3.63) is 108 Å². The lowest BCUT2D eigenvalue weighted by Gasteiger charge is -2.14. The molecule has 0 amide bonds. The molecule has 3 nitrogen and oxygen atoms in total. The van der Waals surface area contributed by atoms with Crippen molar-refractivity contribution in [3.63, 3.8) is 0 Å². The van der Waals surface area contributed by atoms with Crippen LogP contribution in [0.4, 0.5) is 17.6 Å². The minimum absolute atomic E-state index is 0.260. The highest BCUT2D eigenvalue weighted by Crippen LogP contribution is 2.39. The van der Waals surface area contributed by atoms with Gasteiger partial charge in [0.05, 0.1) is 15.8 Å². The van der Waals surface area contributed by atoms with Gasteiger partial charge in [-0.15, -0.1) is 0 Å². The molecule has 0 bridgehead atoms. The van der Waals surface area contributed by atoms with Crippen LogP contribution in [-0.2, 0) is 21.0 Å². The van der Waals surface area contributed by atoms with Crippen LogP contribution in [0.5, 0.6) is 0 Å². The van der Waals surface area contributed by atoms with Gasteiger partial charge < -0.3 is 4.55 Å². The molecule has 0 aliphatic rings. The largest absolute Gasteiger partial charge is 0.744 e. The lowest BCUT2D eigenvalue weighted by molar-refractivity contribution is 0.381. The number of rotatable bonds is 6.